The number of para-hydroxylation sites is 1. The van der Waals surface area contributed by atoms with E-state index in [1.807, 2.05) is 7.05 Å². The van der Waals surface area contributed by atoms with Crippen molar-refractivity contribution in [1.29, 1.82) is 0 Å². The van der Waals surface area contributed by atoms with Crippen LogP contribution in [0.5, 0.6) is 5.75 Å². The molecule has 1 fully saturated rings. The third-order valence-corrected chi connectivity index (χ3v) is 5.30. The number of nitrogens with one attached hydrogen (secondary N) is 1. The highest BCUT2D eigenvalue weighted by atomic mass is 35.5. The number of nitrogens with zero attached hydrogens (tertiary/aromatic N) is 2. The van der Waals surface area contributed by atoms with Crippen molar-refractivity contribution in [2.45, 2.75) is 13.0 Å². The molecule has 1 heterocycles. The van der Waals surface area contributed by atoms with Crippen LogP contribution in [0, 0.1) is 0 Å². The molecule has 29 heavy (non-hydrogen) atoms. The number of carbonyl (C=O) groups excluding carboxylic acids is 2. The van der Waals surface area contributed by atoms with Gasteiger partial charge >= 0.3 is 0 Å². The SMILES string of the molecule is CC(Oc1ccc(Cl)cc1Cl)C(=O)Nc1ccccc1C(=O)N1CCN(C)CC1. The number of rotatable bonds is 5. The van der Waals surface area contributed by atoms with Gasteiger partial charge in [-0.2, -0.15) is 0 Å². The van der Waals surface area contributed by atoms with Crippen LogP contribution in [0.1, 0.15) is 17.3 Å². The van der Waals surface area contributed by atoms with Crippen molar-refractivity contribution in [2.75, 3.05) is 38.5 Å². The Bertz CT molecular complexity index is 898. The first-order valence-electron chi connectivity index (χ1n) is 9.34. The summed E-state index contributed by atoms with van der Waals surface area (Å²) in [6.07, 6.45) is -0.819. The molecule has 0 saturated carbocycles. The van der Waals surface area contributed by atoms with Gasteiger partial charge in [0.05, 0.1) is 16.3 Å². The Hall–Kier alpha value is -2.28. The van der Waals surface area contributed by atoms with Gasteiger partial charge in [-0.25, -0.2) is 0 Å². The molecule has 0 bridgehead atoms. The van der Waals surface area contributed by atoms with E-state index in [1.54, 1.807) is 54.3 Å². The molecule has 2 aromatic carbocycles. The van der Waals surface area contributed by atoms with Gasteiger partial charge in [0.15, 0.2) is 6.10 Å². The zero-order chi connectivity index (χ0) is 21.0. The summed E-state index contributed by atoms with van der Waals surface area (Å²) in [6, 6.07) is 11.8. The second-order valence-corrected chi connectivity index (χ2v) is 7.81. The number of piperazine rings is 1. The first kappa shape index (κ1) is 21.4. The number of amides is 2. The minimum atomic E-state index is -0.819. The van der Waals surface area contributed by atoms with Crippen molar-refractivity contribution in [1.82, 2.24) is 9.80 Å². The van der Waals surface area contributed by atoms with E-state index < -0.39 is 6.10 Å². The number of anilines is 1. The highest BCUT2D eigenvalue weighted by molar-refractivity contribution is 6.35. The molecule has 6 nitrogen and oxygen atoms in total. The van der Waals surface area contributed by atoms with Crippen LogP contribution in [-0.4, -0.2) is 60.9 Å². The smallest absolute Gasteiger partial charge is 0.265 e. The molecule has 1 N–H and O–H groups in total. The van der Waals surface area contributed by atoms with E-state index >= 15 is 0 Å². The molecule has 1 atom stereocenters. The van der Waals surface area contributed by atoms with E-state index in [1.165, 1.54) is 0 Å². The van der Waals surface area contributed by atoms with Crippen molar-refractivity contribution < 1.29 is 14.3 Å². The average Bonchev–Trinajstić information content (AvgIpc) is 2.70. The molecule has 0 aromatic heterocycles. The molecule has 2 aromatic rings. The zero-order valence-electron chi connectivity index (χ0n) is 16.3. The van der Waals surface area contributed by atoms with Gasteiger partial charge in [0.1, 0.15) is 5.75 Å². The second kappa shape index (κ2) is 9.48. The maximum atomic E-state index is 12.9. The van der Waals surface area contributed by atoms with Gasteiger partial charge in [0, 0.05) is 31.2 Å². The van der Waals surface area contributed by atoms with Gasteiger partial charge in [-0.3, -0.25) is 9.59 Å². The molecular formula is C21H23Cl2N3O3. The molecule has 3 rings (SSSR count). The molecule has 1 unspecified atom stereocenters. The largest absolute Gasteiger partial charge is 0.479 e. The Kier molecular flexibility index (Phi) is 7.00. The van der Waals surface area contributed by atoms with Gasteiger partial charge in [-0.15, -0.1) is 0 Å². The Labute approximate surface area is 180 Å². The lowest BCUT2D eigenvalue weighted by Crippen LogP contribution is -2.47. The Morgan fingerprint density at radius 3 is 2.45 bits per heavy atom. The van der Waals surface area contributed by atoms with Crippen LogP contribution in [0.3, 0.4) is 0 Å². The fraction of sp³-hybridized carbons (Fsp3) is 0.333. The van der Waals surface area contributed by atoms with Crippen LogP contribution >= 0.6 is 23.2 Å². The standard InChI is InChI=1S/C21H23Cl2N3O3/c1-14(29-19-8-7-15(22)13-17(19)23)20(27)24-18-6-4-3-5-16(18)21(28)26-11-9-25(2)10-12-26/h3-8,13-14H,9-12H2,1-2H3,(H,24,27). The first-order chi connectivity index (χ1) is 13.8. The van der Waals surface area contributed by atoms with Crippen LogP contribution in [0.4, 0.5) is 5.69 Å². The molecule has 0 aliphatic carbocycles. The molecule has 154 valence electrons. The molecule has 1 saturated heterocycles. The van der Waals surface area contributed by atoms with E-state index in [0.717, 1.165) is 13.1 Å². The zero-order valence-corrected chi connectivity index (χ0v) is 17.8. The summed E-state index contributed by atoms with van der Waals surface area (Å²) >= 11 is 12.0. The summed E-state index contributed by atoms with van der Waals surface area (Å²) in [7, 11) is 2.03. The number of hydrogen-bond acceptors (Lipinski definition) is 4. The molecular weight excluding hydrogens is 413 g/mol. The quantitative estimate of drug-likeness (QED) is 0.775. The van der Waals surface area contributed by atoms with Gasteiger partial charge < -0.3 is 19.9 Å². The van der Waals surface area contributed by atoms with E-state index in [-0.39, 0.29) is 11.8 Å². The number of halogens is 2. The Balaban J connectivity index is 1.69. The number of hydrogen-bond donors (Lipinski definition) is 1. The van der Waals surface area contributed by atoms with E-state index in [0.29, 0.717) is 40.1 Å². The van der Waals surface area contributed by atoms with Crippen molar-refractivity contribution >= 4 is 40.7 Å². The molecule has 1 aliphatic rings. The van der Waals surface area contributed by atoms with Crippen LogP contribution in [-0.2, 0) is 4.79 Å². The highest BCUT2D eigenvalue weighted by Crippen LogP contribution is 2.28. The van der Waals surface area contributed by atoms with Gasteiger partial charge in [0.2, 0.25) is 0 Å². The number of likely N-dealkylation sites (N-methyl/N-ethyl adjacent to an activating group) is 1. The van der Waals surface area contributed by atoms with Gasteiger partial charge in [-0.1, -0.05) is 35.3 Å². The topological polar surface area (TPSA) is 61.9 Å². The highest BCUT2D eigenvalue weighted by Gasteiger charge is 2.24. The summed E-state index contributed by atoms with van der Waals surface area (Å²) in [5, 5.41) is 3.60. The monoisotopic (exact) mass is 435 g/mol. The predicted octanol–water partition coefficient (Wildman–Crippen LogP) is 3.79. The fourth-order valence-corrected chi connectivity index (χ4v) is 3.46. The lowest BCUT2D eigenvalue weighted by molar-refractivity contribution is -0.122. The molecule has 0 radical (unpaired) electrons. The van der Waals surface area contributed by atoms with Crippen molar-refractivity contribution in [3.05, 3.63) is 58.1 Å². The van der Waals surface area contributed by atoms with E-state index in [2.05, 4.69) is 10.2 Å². The Morgan fingerprint density at radius 1 is 1.07 bits per heavy atom. The van der Waals surface area contributed by atoms with Crippen molar-refractivity contribution in [3.8, 4) is 5.75 Å². The van der Waals surface area contributed by atoms with Crippen LogP contribution < -0.4 is 10.1 Å². The molecule has 1 aliphatic heterocycles. The normalized spacial score (nSPS) is 15.7. The maximum Gasteiger partial charge on any atom is 0.265 e. The number of ether oxygens (including phenoxy) is 1. The van der Waals surface area contributed by atoms with Crippen LogP contribution in [0.2, 0.25) is 10.0 Å². The summed E-state index contributed by atoms with van der Waals surface area (Å²) < 4.78 is 5.66. The lowest BCUT2D eigenvalue weighted by atomic mass is 10.1. The van der Waals surface area contributed by atoms with Crippen LogP contribution in [0.25, 0.3) is 0 Å². The molecule has 8 heteroatoms. The van der Waals surface area contributed by atoms with Crippen molar-refractivity contribution in [3.63, 3.8) is 0 Å². The first-order valence-corrected chi connectivity index (χ1v) is 10.1. The third kappa shape index (κ3) is 5.41. The Morgan fingerprint density at radius 2 is 1.76 bits per heavy atom. The summed E-state index contributed by atoms with van der Waals surface area (Å²) in [5.41, 5.74) is 0.918. The summed E-state index contributed by atoms with van der Waals surface area (Å²) in [5.74, 6) is -0.113. The number of benzene rings is 2. The van der Waals surface area contributed by atoms with Gasteiger partial charge in [0.25, 0.3) is 11.8 Å². The molecule has 0 spiro atoms. The second-order valence-electron chi connectivity index (χ2n) is 6.97. The summed E-state index contributed by atoms with van der Waals surface area (Å²) in [6.45, 7) is 4.59. The van der Waals surface area contributed by atoms with Crippen molar-refractivity contribution in [2.24, 2.45) is 0 Å². The minimum Gasteiger partial charge on any atom is -0.479 e. The maximum absolute atomic E-state index is 12.9. The fourth-order valence-electron chi connectivity index (χ4n) is 3.01. The minimum absolute atomic E-state index is 0.0942. The average molecular weight is 436 g/mol. The van der Waals surface area contributed by atoms with E-state index in [9.17, 15) is 9.59 Å². The number of carbonyl (C=O) groups is 2. The van der Waals surface area contributed by atoms with Crippen LogP contribution in [0.15, 0.2) is 42.5 Å². The van der Waals surface area contributed by atoms with Gasteiger partial charge in [-0.05, 0) is 44.3 Å². The molecule has 2 amide bonds. The predicted molar refractivity (Wildman–Crippen MR) is 115 cm³/mol. The summed E-state index contributed by atoms with van der Waals surface area (Å²) in [4.78, 5) is 29.6. The third-order valence-electron chi connectivity index (χ3n) is 4.77. The lowest BCUT2D eigenvalue weighted by Gasteiger charge is -2.32. The van der Waals surface area contributed by atoms with E-state index in [4.69, 9.17) is 27.9 Å².